The highest BCUT2D eigenvalue weighted by Gasteiger charge is 2.23. The van der Waals surface area contributed by atoms with Gasteiger partial charge in [-0.1, -0.05) is 20.8 Å². The van der Waals surface area contributed by atoms with Gasteiger partial charge in [0.15, 0.2) is 0 Å². The van der Waals surface area contributed by atoms with Crippen molar-refractivity contribution in [3.63, 3.8) is 0 Å². The van der Waals surface area contributed by atoms with Crippen LogP contribution in [0.1, 0.15) is 32.0 Å². The summed E-state index contributed by atoms with van der Waals surface area (Å²) in [6.45, 7) is 8.55. The molecule has 0 unspecified atom stereocenters. The van der Waals surface area contributed by atoms with E-state index in [9.17, 15) is 0 Å². The fourth-order valence-corrected chi connectivity index (χ4v) is 2.10. The Balaban J connectivity index is 2.64. The molecule has 0 bridgehead atoms. The van der Waals surface area contributed by atoms with Crippen molar-refractivity contribution in [2.75, 3.05) is 5.73 Å². The molecule has 0 aliphatic rings. The quantitative estimate of drug-likeness (QED) is 0.839. The number of nitrogen functional groups attached to an aromatic ring is 1. The first kappa shape index (κ1) is 12.6. The summed E-state index contributed by atoms with van der Waals surface area (Å²) < 4.78 is 1.85. The highest BCUT2D eigenvalue weighted by atomic mass is 15.3. The Bertz CT molecular complexity index is 576. The molecule has 2 N–H and O–H groups in total. The Morgan fingerprint density at radius 3 is 2.44 bits per heavy atom. The van der Waals surface area contributed by atoms with E-state index in [0.717, 1.165) is 22.4 Å². The highest BCUT2D eigenvalue weighted by Crippen LogP contribution is 2.33. The van der Waals surface area contributed by atoms with Gasteiger partial charge in [-0.15, -0.1) is 0 Å². The zero-order valence-corrected chi connectivity index (χ0v) is 11.7. The van der Waals surface area contributed by atoms with Crippen LogP contribution in [0.25, 0.3) is 11.1 Å². The normalized spacial score (nSPS) is 11.8. The molecular formula is C14H20N4. The summed E-state index contributed by atoms with van der Waals surface area (Å²) in [6.07, 6.45) is 3.87. The molecule has 0 aliphatic carbocycles. The molecule has 2 rings (SSSR count). The molecule has 4 heteroatoms. The van der Waals surface area contributed by atoms with Crippen LogP contribution in [0.5, 0.6) is 0 Å². The lowest BCUT2D eigenvalue weighted by molar-refractivity contribution is 0.554. The van der Waals surface area contributed by atoms with Gasteiger partial charge in [0.1, 0.15) is 5.82 Å². The second-order valence-corrected chi connectivity index (χ2v) is 5.74. The van der Waals surface area contributed by atoms with Gasteiger partial charge in [-0.2, -0.15) is 5.10 Å². The van der Waals surface area contributed by atoms with Gasteiger partial charge < -0.3 is 5.73 Å². The lowest BCUT2D eigenvalue weighted by atomic mass is 9.87. The lowest BCUT2D eigenvalue weighted by Gasteiger charge is -2.18. The molecule has 18 heavy (non-hydrogen) atoms. The summed E-state index contributed by atoms with van der Waals surface area (Å²) in [5.41, 5.74) is 10.1. The number of pyridine rings is 1. The number of hydrogen-bond donors (Lipinski definition) is 1. The molecule has 0 saturated heterocycles. The topological polar surface area (TPSA) is 56.7 Å². The molecule has 4 nitrogen and oxygen atoms in total. The molecule has 0 saturated carbocycles. The second-order valence-electron chi connectivity index (χ2n) is 5.74. The lowest BCUT2D eigenvalue weighted by Crippen LogP contribution is -2.14. The maximum absolute atomic E-state index is 5.70. The zero-order chi connectivity index (χ0) is 13.5. The first-order chi connectivity index (χ1) is 8.29. The molecule has 96 valence electrons. The fraction of sp³-hybridized carbons (Fsp3) is 0.429. The number of hydrogen-bond acceptors (Lipinski definition) is 3. The van der Waals surface area contributed by atoms with Crippen molar-refractivity contribution < 1.29 is 0 Å². The van der Waals surface area contributed by atoms with Crippen LogP contribution in [0.4, 0.5) is 5.82 Å². The van der Waals surface area contributed by atoms with Gasteiger partial charge in [-0.25, -0.2) is 4.98 Å². The monoisotopic (exact) mass is 244 g/mol. The van der Waals surface area contributed by atoms with Gasteiger partial charge in [-0.3, -0.25) is 4.68 Å². The number of nitrogens with zero attached hydrogens (tertiary/aromatic N) is 3. The Morgan fingerprint density at radius 1 is 1.22 bits per heavy atom. The smallest absolute Gasteiger partial charge is 0.123 e. The third-order valence-electron chi connectivity index (χ3n) is 2.96. The number of aromatic nitrogens is 3. The van der Waals surface area contributed by atoms with Gasteiger partial charge in [0.25, 0.3) is 0 Å². The SMILES string of the molecule is Cc1cc(N)ncc1-c1cn(C)nc1C(C)(C)C. The molecule has 0 radical (unpaired) electrons. The summed E-state index contributed by atoms with van der Waals surface area (Å²) >= 11 is 0. The van der Waals surface area contributed by atoms with Crippen LogP contribution in [0.2, 0.25) is 0 Å². The first-order valence-electron chi connectivity index (χ1n) is 6.05. The van der Waals surface area contributed by atoms with E-state index < -0.39 is 0 Å². The predicted octanol–water partition coefficient (Wildman–Crippen LogP) is 2.67. The van der Waals surface area contributed by atoms with E-state index in [0.29, 0.717) is 5.82 Å². The molecular weight excluding hydrogens is 224 g/mol. The third-order valence-corrected chi connectivity index (χ3v) is 2.96. The van der Waals surface area contributed by atoms with Gasteiger partial charge in [0.05, 0.1) is 5.69 Å². The van der Waals surface area contributed by atoms with Crippen molar-refractivity contribution in [1.82, 2.24) is 14.8 Å². The van der Waals surface area contributed by atoms with Crippen LogP contribution < -0.4 is 5.73 Å². The van der Waals surface area contributed by atoms with E-state index in [1.807, 2.05) is 37.1 Å². The molecule has 0 fully saturated rings. The minimum Gasteiger partial charge on any atom is -0.384 e. The molecule has 2 aromatic rings. The average molecular weight is 244 g/mol. The van der Waals surface area contributed by atoms with Crippen LogP contribution >= 0.6 is 0 Å². The van der Waals surface area contributed by atoms with E-state index in [-0.39, 0.29) is 5.41 Å². The minimum atomic E-state index is 0.00438. The Morgan fingerprint density at radius 2 is 1.89 bits per heavy atom. The van der Waals surface area contributed by atoms with Crippen LogP contribution in [-0.4, -0.2) is 14.8 Å². The number of anilines is 1. The Kier molecular flexibility index (Phi) is 2.89. The van der Waals surface area contributed by atoms with E-state index in [2.05, 4.69) is 30.9 Å². The number of aryl methyl sites for hydroxylation is 2. The summed E-state index contributed by atoms with van der Waals surface area (Å²) in [4.78, 5) is 4.19. The van der Waals surface area contributed by atoms with E-state index >= 15 is 0 Å². The largest absolute Gasteiger partial charge is 0.384 e. The van der Waals surface area contributed by atoms with E-state index in [1.165, 1.54) is 0 Å². The van der Waals surface area contributed by atoms with Crippen molar-refractivity contribution in [3.8, 4) is 11.1 Å². The molecule has 0 aliphatic heterocycles. The van der Waals surface area contributed by atoms with Crippen molar-refractivity contribution in [1.29, 1.82) is 0 Å². The van der Waals surface area contributed by atoms with Crippen molar-refractivity contribution >= 4 is 5.82 Å². The van der Waals surface area contributed by atoms with Crippen LogP contribution in [0.3, 0.4) is 0 Å². The van der Waals surface area contributed by atoms with Gasteiger partial charge in [-0.05, 0) is 18.6 Å². The standard InChI is InChI=1S/C14H20N4/c1-9-6-12(15)16-7-10(9)11-8-18(5)17-13(11)14(2,3)4/h6-8H,1-5H3,(H2,15,16). The Hall–Kier alpha value is -1.84. The van der Waals surface area contributed by atoms with Crippen LogP contribution in [0, 0.1) is 6.92 Å². The minimum absolute atomic E-state index is 0.00438. The second kappa shape index (κ2) is 4.12. The van der Waals surface area contributed by atoms with Gasteiger partial charge in [0, 0.05) is 36.0 Å². The van der Waals surface area contributed by atoms with Crippen LogP contribution in [0.15, 0.2) is 18.5 Å². The summed E-state index contributed by atoms with van der Waals surface area (Å²) in [6, 6.07) is 1.90. The van der Waals surface area contributed by atoms with Gasteiger partial charge >= 0.3 is 0 Å². The molecule has 0 atom stereocenters. The maximum atomic E-state index is 5.70. The molecule has 2 aromatic heterocycles. The number of rotatable bonds is 1. The van der Waals surface area contributed by atoms with Crippen molar-refractivity contribution in [2.45, 2.75) is 33.1 Å². The van der Waals surface area contributed by atoms with E-state index in [1.54, 1.807) is 0 Å². The summed E-state index contributed by atoms with van der Waals surface area (Å²) in [5.74, 6) is 0.553. The molecule has 0 amide bonds. The van der Waals surface area contributed by atoms with Crippen molar-refractivity contribution in [2.24, 2.45) is 7.05 Å². The summed E-state index contributed by atoms with van der Waals surface area (Å²) in [5, 5.41) is 4.58. The third kappa shape index (κ3) is 2.23. The average Bonchev–Trinajstić information content (AvgIpc) is 2.59. The summed E-state index contributed by atoms with van der Waals surface area (Å²) in [7, 11) is 1.94. The van der Waals surface area contributed by atoms with Crippen molar-refractivity contribution in [3.05, 3.63) is 29.7 Å². The van der Waals surface area contributed by atoms with Crippen LogP contribution in [-0.2, 0) is 12.5 Å². The maximum Gasteiger partial charge on any atom is 0.123 e. The number of nitrogens with two attached hydrogens (primary N) is 1. The van der Waals surface area contributed by atoms with Gasteiger partial charge in [0.2, 0.25) is 0 Å². The predicted molar refractivity (Wildman–Crippen MR) is 74.3 cm³/mol. The Labute approximate surface area is 108 Å². The highest BCUT2D eigenvalue weighted by molar-refractivity contribution is 5.70. The molecule has 2 heterocycles. The first-order valence-corrected chi connectivity index (χ1v) is 6.05. The fourth-order valence-electron chi connectivity index (χ4n) is 2.10. The molecule has 0 spiro atoms. The molecule has 0 aromatic carbocycles. The zero-order valence-electron chi connectivity index (χ0n) is 11.7. The van der Waals surface area contributed by atoms with E-state index in [4.69, 9.17) is 5.73 Å².